The summed E-state index contributed by atoms with van der Waals surface area (Å²) in [7, 11) is -0.581. The smallest absolute Gasteiger partial charge is 0.403 e. The Morgan fingerprint density at radius 2 is 0.847 bits per heavy atom. The van der Waals surface area contributed by atoms with Crippen molar-refractivity contribution in [3.8, 4) is 0 Å². The van der Waals surface area contributed by atoms with Crippen molar-refractivity contribution >= 4 is 116 Å². The summed E-state index contributed by atoms with van der Waals surface area (Å²) in [4.78, 5) is 0.725. The predicted molar refractivity (Wildman–Crippen MR) is 389 cm³/mol. The second-order valence-electron chi connectivity index (χ2n) is 29.5. The van der Waals surface area contributed by atoms with Crippen molar-refractivity contribution in [2.24, 2.45) is 0 Å². The van der Waals surface area contributed by atoms with Crippen LogP contribution in [0.5, 0.6) is 0 Å². The van der Waals surface area contributed by atoms with Crippen LogP contribution in [0.2, 0.25) is 5.82 Å². The Balaban J connectivity index is 0.000000355. The van der Waals surface area contributed by atoms with Gasteiger partial charge < -0.3 is 30.2 Å². The number of hydrogen-bond acceptors (Lipinski definition) is 5. The fraction of sp³-hybridized carbons (Fsp3) is 0.620. The van der Waals surface area contributed by atoms with E-state index in [2.05, 4.69) is 324 Å². The standard InChI is InChI=1S/C19H29BO2.C13H16Br2.C13H17Br.C12H16.C9H19BO3.C4H9.CHBr3.Li/c1-17(2,3)14-10-8-13(9-11-14)15-12-16(15)20-21-18(4,5)19(6,7)22-20;1-12(2,3)10-6-4-9(5-7-10)11-8-13(11,14)15;1-13(2,3)10-6-4-9(5-7-10)11-8-12(11)14;1-5-10-6-8-11(9-7-10)12(2,3)4;1-7(2)11-10-12-8(3,4)9(5,6)13-10;1-3-4-2;2-1(3)4;/h8-11,15-16H,12H2,1-7H3;4-7,11H,8H2,1-3H3;4-7,11-12H,8H2,1-3H3;5-9H,1H2,2-4H3;7H,1-6H3;1,3-4H2,2H3;1H;/q;;;;;-1;;+1/t15-,16+;11-;11-,12+;;;;;/m111...../s1. The third kappa shape index (κ3) is 26.5. The van der Waals surface area contributed by atoms with Gasteiger partial charge in [-0.05, 0) is 167 Å². The van der Waals surface area contributed by atoms with Crippen molar-refractivity contribution in [3.05, 3.63) is 155 Å². The molecule has 0 radical (unpaired) electrons. The van der Waals surface area contributed by atoms with Crippen LogP contribution in [0.4, 0.5) is 0 Å². The predicted octanol–water partition coefficient (Wildman–Crippen LogP) is 20.8. The first-order chi connectivity index (χ1) is 38.2. The molecule has 3 aliphatic carbocycles. The van der Waals surface area contributed by atoms with Crippen molar-refractivity contribution < 1.29 is 42.1 Å². The zero-order chi connectivity index (χ0) is 64.4. The Labute approximate surface area is 583 Å². The van der Waals surface area contributed by atoms with Crippen LogP contribution in [0.15, 0.2) is 104 Å². The molecule has 85 heavy (non-hydrogen) atoms. The van der Waals surface area contributed by atoms with Gasteiger partial charge in [-0.2, -0.15) is 6.42 Å². The van der Waals surface area contributed by atoms with Crippen LogP contribution in [0, 0.1) is 6.92 Å². The van der Waals surface area contributed by atoms with E-state index in [1.165, 1.54) is 70.2 Å². The maximum Gasteiger partial charge on any atom is 1.00 e. The average molecular weight is 1550 g/mol. The molecule has 0 bridgehead atoms. The number of benzene rings is 4. The van der Waals surface area contributed by atoms with Crippen LogP contribution in [0.1, 0.15) is 254 Å². The van der Waals surface area contributed by atoms with Crippen LogP contribution in [0.3, 0.4) is 0 Å². The molecule has 2 saturated heterocycles. The molecule has 4 aromatic rings. The van der Waals surface area contributed by atoms with Crippen LogP contribution in [0.25, 0.3) is 6.08 Å². The van der Waals surface area contributed by atoms with Gasteiger partial charge in [0.25, 0.3) is 0 Å². The SMILES string of the molecule is BrC(Br)Br.C=Cc1ccc(C(C)(C)C)cc1.CC(C)(C)c1ccc([C@H]2CC2(Br)Br)cc1.CC(C)(C)c1ccc([C@H]2C[C@@H]2B2OC(C)(C)C(C)(C)O2)cc1.CC(C)(C)c1ccc([C@H]2C[C@@H]2Br)cc1.CC(C)OB1OC(C)(C)C(C)(C)O1.[CH2-]CCC.[Li+]. The first kappa shape index (κ1) is 81.1. The van der Waals surface area contributed by atoms with Crippen molar-refractivity contribution in [1.82, 2.24) is 0 Å². The van der Waals surface area contributed by atoms with Crippen molar-refractivity contribution in [2.75, 3.05) is 0 Å². The molecule has 5 fully saturated rings. The summed E-state index contributed by atoms with van der Waals surface area (Å²) in [6.07, 6.45) is 7.92. The normalized spacial score (nSPS) is 22.5. The molecule has 2 aliphatic heterocycles. The largest absolute Gasteiger partial charge is 1.00 e. The Morgan fingerprint density at radius 3 is 1.11 bits per heavy atom. The summed E-state index contributed by atoms with van der Waals surface area (Å²) in [5.74, 6) is 2.49. The van der Waals surface area contributed by atoms with Crippen LogP contribution >= 0.6 is 95.6 Å². The molecule has 9 rings (SSSR count). The van der Waals surface area contributed by atoms with E-state index in [1.54, 1.807) is 0 Å². The van der Waals surface area contributed by atoms with Gasteiger partial charge in [-0.3, -0.25) is 0 Å². The fourth-order valence-corrected chi connectivity index (χ4v) is 10.8. The summed E-state index contributed by atoms with van der Waals surface area (Å²) in [5, 5.41) is 0. The van der Waals surface area contributed by atoms with Gasteiger partial charge in [0, 0.05) is 22.7 Å². The van der Waals surface area contributed by atoms with Gasteiger partial charge in [0.05, 0.1) is 25.6 Å². The molecule has 2 heterocycles. The molecular formula is C71H107B2Br6LiO5. The zero-order valence-electron chi connectivity index (χ0n) is 56.8. The number of rotatable bonds is 8. The average Bonchev–Trinajstić information content (AvgIpc) is 2.65. The summed E-state index contributed by atoms with van der Waals surface area (Å²) in [5.41, 5.74) is 11.1. The molecule has 5 atom stereocenters. The molecule has 5 aliphatic rings. The molecule has 0 spiro atoms. The molecule has 470 valence electrons. The summed E-state index contributed by atoms with van der Waals surface area (Å²) >= 11 is 20.3. The van der Waals surface area contributed by atoms with Gasteiger partial charge in [0.15, 0.2) is 0 Å². The van der Waals surface area contributed by atoms with Crippen LogP contribution in [-0.4, -0.2) is 53.7 Å². The Bertz CT molecular complexity index is 2560. The topological polar surface area (TPSA) is 46.2 Å². The maximum absolute atomic E-state index is 6.20. The second kappa shape index (κ2) is 33.2. The third-order valence-electron chi connectivity index (χ3n) is 16.6. The maximum atomic E-state index is 6.20. The van der Waals surface area contributed by atoms with Crippen molar-refractivity contribution in [1.29, 1.82) is 0 Å². The molecule has 0 unspecified atom stereocenters. The van der Waals surface area contributed by atoms with E-state index in [0.717, 1.165) is 17.2 Å². The first-order valence-corrected chi connectivity index (χ1v) is 35.6. The molecule has 3 saturated carbocycles. The van der Waals surface area contributed by atoms with Crippen molar-refractivity contribution in [2.45, 2.75) is 276 Å². The molecule has 0 aromatic heterocycles. The van der Waals surface area contributed by atoms with Crippen molar-refractivity contribution in [3.63, 3.8) is 0 Å². The Morgan fingerprint density at radius 1 is 0.565 bits per heavy atom. The van der Waals surface area contributed by atoms with E-state index >= 15 is 0 Å². The van der Waals surface area contributed by atoms with Gasteiger partial charge in [-0.15, -0.1) is 0 Å². The molecule has 0 amide bonds. The number of hydrogen-bond donors (Lipinski definition) is 0. The van der Waals surface area contributed by atoms with Crippen LogP contribution in [-0.2, 0) is 44.9 Å². The van der Waals surface area contributed by atoms with Gasteiger partial charge in [-0.25, -0.2) is 0 Å². The molecule has 5 nitrogen and oxygen atoms in total. The van der Waals surface area contributed by atoms with Crippen LogP contribution < -0.4 is 18.9 Å². The third-order valence-corrected chi connectivity index (χ3v) is 19.3. The van der Waals surface area contributed by atoms with E-state index in [-0.39, 0.29) is 82.0 Å². The van der Waals surface area contributed by atoms with E-state index < -0.39 is 7.32 Å². The van der Waals surface area contributed by atoms with Gasteiger partial charge >= 0.3 is 33.3 Å². The van der Waals surface area contributed by atoms with E-state index in [0.29, 0.717) is 17.7 Å². The number of halogens is 6. The minimum absolute atomic E-state index is 0. The summed E-state index contributed by atoms with van der Waals surface area (Å²) < 4.78 is 29.5. The Hall–Kier alpha value is 0.0273. The summed E-state index contributed by atoms with van der Waals surface area (Å²) in [6.45, 7) is 56.9. The van der Waals surface area contributed by atoms with Gasteiger partial charge in [0.1, 0.15) is 2.65 Å². The second-order valence-corrected chi connectivity index (χ2v) is 41.0. The minimum atomic E-state index is -0.523. The molecule has 4 aromatic carbocycles. The first-order valence-electron chi connectivity index (χ1n) is 30.4. The Kier molecular flexibility index (Phi) is 31.7. The summed E-state index contributed by atoms with van der Waals surface area (Å²) in [6, 6.07) is 35.8. The number of alkyl halides is 6. The van der Waals surface area contributed by atoms with Gasteiger partial charge in [-0.1, -0.05) is 302 Å². The fourth-order valence-electron chi connectivity index (χ4n) is 8.91. The molecule has 14 heteroatoms. The van der Waals surface area contributed by atoms with E-state index in [4.69, 9.17) is 23.3 Å². The minimum Gasteiger partial charge on any atom is -0.403 e. The quantitative estimate of drug-likeness (QED) is 0.0999. The van der Waals surface area contributed by atoms with Gasteiger partial charge in [0.2, 0.25) is 0 Å². The zero-order valence-corrected chi connectivity index (χ0v) is 66.3. The van der Waals surface area contributed by atoms with E-state index in [1.807, 2.05) is 47.6 Å². The van der Waals surface area contributed by atoms with E-state index in [9.17, 15) is 0 Å². The molecule has 0 N–H and O–H groups in total. The molecular weight excluding hydrogens is 1440 g/mol. The number of unbranched alkanes of at least 4 members (excludes halogenated alkanes) is 1. The monoisotopic (exact) mass is 1540 g/mol.